The van der Waals surface area contributed by atoms with E-state index >= 15 is 0 Å². The third kappa shape index (κ3) is 2.40. The first-order valence-electron chi connectivity index (χ1n) is 4.87. The minimum absolute atomic E-state index is 0.0885. The van der Waals surface area contributed by atoms with E-state index in [1.54, 1.807) is 12.1 Å². The molecule has 5 nitrogen and oxygen atoms in total. The Morgan fingerprint density at radius 1 is 1.31 bits per heavy atom. The summed E-state index contributed by atoms with van der Waals surface area (Å²) in [5.41, 5.74) is 2.11. The monoisotopic (exact) mass is 240 g/mol. The molecule has 6 heteroatoms. The van der Waals surface area contributed by atoms with Crippen LogP contribution in [0, 0.1) is 0 Å². The van der Waals surface area contributed by atoms with E-state index in [-0.39, 0.29) is 11.7 Å². The van der Waals surface area contributed by atoms with Crippen LogP contribution in [-0.2, 0) is 27.0 Å². The number of hydrogen-bond acceptors (Lipinski definition) is 3. The van der Waals surface area contributed by atoms with Crippen LogP contribution in [0.4, 0.5) is 5.69 Å². The molecule has 1 amide bonds. The molecule has 0 aliphatic carbocycles. The number of para-hydroxylation sites is 1. The molecule has 0 unspecified atom stereocenters. The van der Waals surface area contributed by atoms with Crippen LogP contribution in [0.5, 0.6) is 0 Å². The number of primary sulfonamides is 1. The van der Waals surface area contributed by atoms with Crippen LogP contribution in [0.15, 0.2) is 18.2 Å². The Kier molecular flexibility index (Phi) is 2.69. The largest absolute Gasteiger partial charge is 0.326 e. The van der Waals surface area contributed by atoms with Crippen molar-refractivity contribution in [3.05, 3.63) is 29.3 Å². The van der Waals surface area contributed by atoms with Crippen LogP contribution in [0.2, 0.25) is 0 Å². The molecule has 16 heavy (non-hydrogen) atoms. The lowest BCUT2D eigenvalue weighted by Gasteiger charge is -2.19. The number of hydrogen-bond donors (Lipinski definition) is 2. The van der Waals surface area contributed by atoms with Gasteiger partial charge in [-0.2, -0.15) is 0 Å². The minimum Gasteiger partial charge on any atom is -0.326 e. The molecule has 3 N–H and O–H groups in total. The fourth-order valence-corrected chi connectivity index (χ4v) is 2.48. The van der Waals surface area contributed by atoms with Crippen molar-refractivity contribution in [3.63, 3.8) is 0 Å². The van der Waals surface area contributed by atoms with Crippen molar-refractivity contribution in [1.29, 1.82) is 0 Å². The number of rotatable bonds is 2. The van der Waals surface area contributed by atoms with Crippen LogP contribution in [-0.4, -0.2) is 14.3 Å². The molecule has 1 aliphatic rings. The molecule has 1 aromatic carbocycles. The molecule has 0 fully saturated rings. The number of anilines is 1. The van der Waals surface area contributed by atoms with Crippen molar-refractivity contribution in [2.45, 2.75) is 18.6 Å². The topological polar surface area (TPSA) is 89.3 Å². The van der Waals surface area contributed by atoms with Gasteiger partial charge in [-0.25, -0.2) is 13.6 Å². The van der Waals surface area contributed by atoms with E-state index in [9.17, 15) is 13.2 Å². The third-order valence-electron chi connectivity index (χ3n) is 2.48. The Bertz CT molecular complexity index is 537. The second-order valence-electron chi connectivity index (χ2n) is 3.81. The summed E-state index contributed by atoms with van der Waals surface area (Å²) in [7, 11) is -3.58. The quantitative estimate of drug-likeness (QED) is 0.782. The first-order valence-corrected chi connectivity index (χ1v) is 6.58. The maximum Gasteiger partial charge on any atom is 0.224 e. The van der Waals surface area contributed by atoms with E-state index in [4.69, 9.17) is 5.14 Å². The van der Waals surface area contributed by atoms with Gasteiger partial charge in [0.15, 0.2) is 0 Å². The molecule has 0 saturated heterocycles. The Morgan fingerprint density at radius 2 is 2.06 bits per heavy atom. The Labute approximate surface area is 93.7 Å². The van der Waals surface area contributed by atoms with Gasteiger partial charge >= 0.3 is 0 Å². The summed E-state index contributed by atoms with van der Waals surface area (Å²) in [6, 6.07) is 5.31. The van der Waals surface area contributed by atoms with Gasteiger partial charge in [0, 0.05) is 12.1 Å². The van der Waals surface area contributed by atoms with Crippen LogP contribution in [0.25, 0.3) is 0 Å². The fraction of sp³-hybridized carbons (Fsp3) is 0.300. The second-order valence-corrected chi connectivity index (χ2v) is 5.42. The van der Waals surface area contributed by atoms with E-state index in [0.29, 0.717) is 24.1 Å². The van der Waals surface area contributed by atoms with Crippen LogP contribution >= 0.6 is 0 Å². The highest BCUT2D eigenvalue weighted by atomic mass is 32.2. The van der Waals surface area contributed by atoms with Crippen LogP contribution < -0.4 is 10.5 Å². The molecule has 1 aromatic rings. The van der Waals surface area contributed by atoms with Gasteiger partial charge in [-0.3, -0.25) is 4.79 Å². The highest BCUT2D eigenvalue weighted by molar-refractivity contribution is 7.88. The molecule has 0 radical (unpaired) electrons. The van der Waals surface area contributed by atoms with Crippen molar-refractivity contribution in [2.75, 3.05) is 5.32 Å². The third-order valence-corrected chi connectivity index (χ3v) is 3.19. The van der Waals surface area contributed by atoms with Crippen molar-refractivity contribution < 1.29 is 13.2 Å². The summed E-state index contributed by atoms with van der Waals surface area (Å²) < 4.78 is 22.1. The van der Waals surface area contributed by atoms with Gasteiger partial charge in [0.25, 0.3) is 0 Å². The molecule has 86 valence electrons. The van der Waals surface area contributed by atoms with Crippen molar-refractivity contribution in [3.8, 4) is 0 Å². The van der Waals surface area contributed by atoms with E-state index in [2.05, 4.69) is 5.32 Å². The van der Waals surface area contributed by atoms with Crippen molar-refractivity contribution in [2.24, 2.45) is 5.14 Å². The van der Waals surface area contributed by atoms with E-state index in [1.165, 1.54) is 0 Å². The van der Waals surface area contributed by atoms with Gasteiger partial charge < -0.3 is 5.32 Å². The minimum atomic E-state index is -3.58. The molecule has 1 aliphatic heterocycles. The molecule has 2 rings (SSSR count). The normalized spacial score (nSPS) is 15.4. The maximum absolute atomic E-state index is 11.3. The maximum atomic E-state index is 11.3. The predicted molar refractivity (Wildman–Crippen MR) is 60.2 cm³/mol. The number of nitrogens with one attached hydrogen (secondary N) is 1. The molecular weight excluding hydrogens is 228 g/mol. The summed E-state index contributed by atoms with van der Waals surface area (Å²) in [4.78, 5) is 11.3. The lowest BCUT2D eigenvalue weighted by Crippen LogP contribution is -2.22. The molecule has 0 saturated carbocycles. The van der Waals surface area contributed by atoms with Gasteiger partial charge in [-0.1, -0.05) is 18.2 Å². The summed E-state index contributed by atoms with van der Waals surface area (Å²) in [5, 5.41) is 7.69. The first kappa shape index (κ1) is 11.1. The lowest BCUT2D eigenvalue weighted by atomic mass is 10.00. The van der Waals surface area contributed by atoms with Crippen molar-refractivity contribution in [1.82, 2.24) is 0 Å². The number of amides is 1. The van der Waals surface area contributed by atoms with Crippen LogP contribution in [0.1, 0.15) is 17.5 Å². The first-order chi connectivity index (χ1) is 7.46. The number of nitrogens with two attached hydrogens (primary N) is 1. The van der Waals surface area contributed by atoms with Crippen molar-refractivity contribution >= 4 is 21.6 Å². The fourth-order valence-electron chi connectivity index (χ4n) is 1.81. The number of carbonyl (C=O) groups is 1. The summed E-state index contributed by atoms with van der Waals surface area (Å²) in [5.74, 6) is -0.342. The van der Waals surface area contributed by atoms with Gasteiger partial charge in [0.2, 0.25) is 15.9 Å². The van der Waals surface area contributed by atoms with E-state index in [0.717, 1.165) is 5.56 Å². The standard InChI is InChI=1S/C10H12N2O3S/c11-16(14,15)6-8-3-1-2-7-4-5-9(13)12-10(7)8/h1-3H,4-6H2,(H,12,13)(H2,11,14,15). The summed E-state index contributed by atoms with van der Waals surface area (Å²) in [6.07, 6.45) is 1.07. The van der Waals surface area contributed by atoms with Gasteiger partial charge in [-0.15, -0.1) is 0 Å². The zero-order valence-electron chi connectivity index (χ0n) is 8.56. The highest BCUT2D eigenvalue weighted by Crippen LogP contribution is 2.27. The Morgan fingerprint density at radius 3 is 2.75 bits per heavy atom. The second kappa shape index (κ2) is 3.88. The van der Waals surface area contributed by atoms with E-state index < -0.39 is 10.0 Å². The SMILES string of the molecule is NS(=O)(=O)Cc1cccc2c1NC(=O)CC2. The van der Waals surface area contributed by atoms with Gasteiger partial charge in [0.1, 0.15) is 0 Å². The summed E-state index contributed by atoms with van der Waals surface area (Å²) in [6.45, 7) is 0. The number of aryl methyl sites for hydroxylation is 1. The molecule has 0 bridgehead atoms. The van der Waals surface area contributed by atoms with Crippen LogP contribution in [0.3, 0.4) is 0 Å². The molecular formula is C10H12N2O3S. The van der Waals surface area contributed by atoms with E-state index in [1.807, 2.05) is 6.07 Å². The smallest absolute Gasteiger partial charge is 0.224 e. The zero-order valence-corrected chi connectivity index (χ0v) is 9.38. The lowest BCUT2D eigenvalue weighted by molar-refractivity contribution is -0.116. The number of carbonyl (C=O) groups excluding carboxylic acids is 1. The summed E-state index contributed by atoms with van der Waals surface area (Å²) >= 11 is 0. The molecule has 0 spiro atoms. The van der Waals surface area contributed by atoms with Gasteiger partial charge in [0.05, 0.1) is 5.75 Å². The number of fused-ring (bicyclic) bond motifs is 1. The zero-order chi connectivity index (χ0) is 11.8. The van der Waals surface area contributed by atoms with Gasteiger partial charge in [-0.05, 0) is 17.5 Å². The predicted octanol–water partition coefficient (Wildman–Crippen LogP) is 0.360. The molecule has 1 heterocycles. The number of benzene rings is 1. The highest BCUT2D eigenvalue weighted by Gasteiger charge is 2.19. The molecule has 0 aromatic heterocycles. The Balaban J connectivity index is 2.43. The average Bonchev–Trinajstić information content (AvgIpc) is 2.17. The average molecular weight is 240 g/mol. The molecule has 0 atom stereocenters. The Hall–Kier alpha value is -1.40. The number of sulfonamides is 1.